The summed E-state index contributed by atoms with van der Waals surface area (Å²) in [7, 11) is 1.64. The van der Waals surface area contributed by atoms with Gasteiger partial charge in [-0.05, 0) is 29.8 Å². The van der Waals surface area contributed by atoms with Crippen molar-refractivity contribution < 1.29 is 4.74 Å². The van der Waals surface area contributed by atoms with Crippen molar-refractivity contribution in [3.05, 3.63) is 53.3 Å². The Morgan fingerprint density at radius 1 is 1.04 bits per heavy atom. The van der Waals surface area contributed by atoms with Crippen molar-refractivity contribution in [3.63, 3.8) is 0 Å². The van der Waals surface area contributed by atoms with Crippen molar-refractivity contribution in [1.82, 2.24) is 19.9 Å². The molecule has 0 amide bonds. The van der Waals surface area contributed by atoms with Gasteiger partial charge in [-0.3, -0.25) is 9.88 Å². The lowest BCUT2D eigenvalue weighted by Crippen LogP contribution is -2.46. The summed E-state index contributed by atoms with van der Waals surface area (Å²) >= 11 is 6.01. The van der Waals surface area contributed by atoms with E-state index in [4.69, 9.17) is 21.3 Å². The lowest BCUT2D eigenvalue weighted by Gasteiger charge is -2.35. The minimum absolute atomic E-state index is 0.660. The molecule has 6 nitrogen and oxygen atoms in total. The van der Waals surface area contributed by atoms with E-state index in [-0.39, 0.29) is 0 Å². The number of pyridine rings is 1. The molecule has 1 saturated heterocycles. The third-order valence-electron chi connectivity index (χ3n) is 4.60. The highest BCUT2D eigenvalue weighted by molar-refractivity contribution is 6.31. The Bertz CT molecular complexity index is 911. The van der Waals surface area contributed by atoms with Crippen molar-refractivity contribution >= 4 is 28.5 Å². The van der Waals surface area contributed by atoms with Gasteiger partial charge in [0.2, 0.25) is 5.88 Å². The number of hydrogen-bond donors (Lipinski definition) is 0. The van der Waals surface area contributed by atoms with E-state index in [1.165, 1.54) is 5.56 Å². The fourth-order valence-corrected chi connectivity index (χ4v) is 3.35. The molecule has 0 spiro atoms. The highest BCUT2D eigenvalue weighted by Crippen LogP contribution is 2.20. The van der Waals surface area contributed by atoms with E-state index < -0.39 is 0 Å². The summed E-state index contributed by atoms with van der Waals surface area (Å²) in [5, 5.41) is 0.681. The molecule has 3 heterocycles. The standard InChI is InChI=1S/C19H20ClN5O/c1-26-19-10-14(4-5-21-19)13-24-6-8-25(9-7-24)18-12-22-17-11-15(20)2-3-16(17)23-18/h2-5,10-12H,6-9,13H2,1H3. The van der Waals surface area contributed by atoms with Gasteiger partial charge in [0.1, 0.15) is 5.82 Å². The van der Waals surface area contributed by atoms with E-state index in [0.717, 1.165) is 49.6 Å². The maximum atomic E-state index is 6.01. The van der Waals surface area contributed by atoms with Crippen LogP contribution in [0.3, 0.4) is 0 Å². The van der Waals surface area contributed by atoms with E-state index in [1.807, 2.05) is 36.5 Å². The number of methoxy groups -OCH3 is 1. The van der Waals surface area contributed by atoms with Gasteiger partial charge in [-0.2, -0.15) is 0 Å². The first-order valence-electron chi connectivity index (χ1n) is 8.60. The van der Waals surface area contributed by atoms with Gasteiger partial charge in [-0.25, -0.2) is 9.97 Å². The van der Waals surface area contributed by atoms with Crippen LogP contribution in [0.15, 0.2) is 42.7 Å². The number of fused-ring (bicyclic) bond motifs is 1. The zero-order chi connectivity index (χ0) is 17.9. The first kappa shape index (κ1) is 17.0. The summed E-state index contributed by atoms with van der Waals surface area (Å²) in [5.41, 5.74) is 2.91. The summed E-state index contributed by atoms with van der Waals surface area (Å²) < 4.78 is 5.20. The van der Waals surface area contributed by atoms with Crippen LogP contribution in [0, 0.1) is 0 Å². The van der Waals surface area contributed by atoms with E-state index in [9.17, 15) is 0 Å². The molecule has 26 heavy (non-hydrogen) atoms. The van der Waals surface area contributed by atoms with Crippen LogP contribution in [0.5, 0.6) is 5.88 Å². The smallest absolute Gasteiger partial charge is 0.213 e. The molecule has 1 aliphatic rings. The Balaban J connectivity index is 1.40. The maximum Gasteiger partial charge on any atom is 0.213 e. The average molecular weight is 370 g/mol. The topological polar surface area (TPSA) is 54.4 Å². The molecule has 0 N–H and O–H groups in total. The number of halogens is 1. The van der Waals surface area contributed by atoms with Crippen LogP contribution in [0.25, 0.3) is 11.0 Å². The first-order chi connectivity index (χ1) is 12.7. The second-order valence-corrected chi connectivity index (χ2v) is 6.77. The molecule has 1 aliphatic heterocycles. The highest BCUT2D eigenvalue weighted by atomic mass is 35.5. The molecule has 0 saturated carbocycles. The zero-order valence-corrected chi connectivity index (χ0v) is 15.4. The molecule has 134 valence electrons. The zero-order valence-electron chi connectivity index (χ0n) is 14.6. The van der Waals surface area contributed by atoms with Gasteiger partial charge in [0.15, 0.2) is 0 Å². The van der Waals surface area contributed by atoms with Gasteiger partial charge in [-0.1, -0.05) is 11.6 Å². The second-order valence-electron chi connectivity index (χ2n) is 6.33. The Hall–Kier alpha value is -2.44. The number of benzene rings is 1. The first-order valence-corrected chi connectivity index (χ1v) is 8.97. The number of anilines is 1. The Morgan fingerprint density at radius 2 is 1.88 bits per heavy atom. The van der Waals surface area contributed by atoms with E-state index >= 15 is 0 Å². The molecule has 0 atom stereocenters. The lowest BCUT2D eigenvalue weighted by atomic mass is 10.2. The molecule has 1 fully saturated rings. The predicted molar refractivity (Wildman–Crippen MR) is 103 cm³/mol. The molecule has 0 unspecified atom stereocenters. The Morgan fingerprint density at radius 3 is 2.69 bits per heavy atom. The largest absolute Gasteiger partial charge is 0.481 e. The van der Waals surface area contributed by atoms with Crippen LogP contribution < -0.4 is 9.64 Å². The minimum atomic E-state index is 0.660. The summed E-state index contributed by atoms with van der Waals surface area (Å²) in [6.07, 6.45) is 3.63. The molecule has 0 radical (unpaired) electrons. The highest BCUT2D eigenvalue weighted by Gasteiger charge is 2.19. The quantitative estimate of drug-likeness (QED) is 0.704. The van der Waals surface area contributed by atoms with Crippen molar-refractivity contribution in [2.45, 2.75) is 6.54 Å². The summed E-state index contributed by atoms with van der Waals surface area (Å²) in [6, 6.07) is 9.64. The maximum absolute atomic E-state index is 6.01. The number of piperazine rings is 1. The lowest BCUT2D eigenvalue weighted by molar-refractivity contribution is 0.249. The van der Waals surface area contributed by atoms with Crippen LogP contribution in [0.2, 0.25) is 5.02 Å². The summed E-state index contributed by atoms with van der Waals surface area (Å²) in [6.45, 7) is 4.70. The Labute approximate surface area is 157 Å². The summed E-state index contributed by atoms with van der Waals surface area (Å²) in [5.74, 6) is 1.58. The third kappa shape index (κ3) is 3.71. The van der Waals surface area contributed by atoms with Crippen molar-refractivity contribution in [2.75, 3.05) is 38.2 Å². The monoisotopic (exact) mass is 369 g/mol. The molecule has 7 heteroatoms. The minimum Gasteiger partial charge on any atom is -0.481 e. The van der Waals surface area contributed by atoms with Crippen molar-refractivity contribution in [2.24, 2.45) is 0 Å². The van der Waals surface area contributed by atoms with Crippen LogP contribution in [-0.4, -0.2) is 53.1 Å². The number of rotatable bonds is 4. The molecular weight excluding hydrogens is 350 g/mol. The third-order valence-corrected chi connectivity index (χ3v) is 4.84. The van der Waals surface area contributed by atoms with E-state index in [1.54, 1.807) is 13.3 Å². The predicted octanol–water partition coefficient (Wildman–Crippen LogP) is 3.01. The van der Waals surface area contributed by atoms with Crippen LogP contribution >= 0.6 is 11.6 Å². The molecule has 4 rings (SSSR count). The molecule has 0 aliphatic carbocycles. The van der Waals surface area contributed by atoms with Gasteiger partial charge in [0.25, 0.3) is 0 Å². The van der Waals surface area contributed by atoms with Gasteiger partial charge in [-0.15, -0.1) is 0 Å². The SMILES string of the molecule is COc1cc(CN2CCN(c3cnc4cc(Cl)ccc4n3)CC2)ccn1. The fraction of sp³-hybridized carbons (Fsp3) is 0.316. The normalized spacial score (nSPS) is 15.4. The van der Waals surface area contributed by atoms with Crippen LogP contribution in [0.1, 0.15) is 5.56 Å². The number of ether oxygens (including phenoxy) is 1. The van der Waals surface area contributed by atoms with Crippen LogP contribution in [0.4, 0.5) is 5.82 Å². The molecular formula is C19H20ClN5O. The molecule has 2 aromatic heterocycles. The van der Waals surface area contributed by atoms with Crippen LogP contribution in [-0.2, 0) is 6.54 Å². The van der Waals surface area contributed by atoms with Gasteiger partial charge in [0, 0.05) is 50.0 Å². The van der Waals surface area contributed by atoms with Gasteiger partial charge in [0.05, 0.1) is 24.3 Å². The second kappa shape index (κ2) is 7.43. The van der Waals surface area contributed by atoms with Crippen molar-refractivity contribution in [3.8, 4) is 5.88 Å². The molecule has 1 aromatic carbocycles. The summed E-state index contributed by atoms with van der Waals surface area (Å²) in [4.78, 5) is 18.1. The molecule has 3 aromatic rings. The number of aromatic nitrogens is 3. The average Bonchev–Trinajstić information content (AvgIpc) is 2.68. The Kier molecular flexibility index (Phi) is 4.86. The van der Waals surface area contributed by atoms with Gasteiger partial charge >= 0.3 is 0 Å². The molecule has 0 bridgehead atoms. The van der Waals surface area contributed by atoms with E-state index in [2.05, 4.69) is 19.8 Å². The number of hydrogen-bond acceptors (Lipinski definition) is 6. The van der Waals surface area contributed by atoms with Gasteiger partial charge < -0.3 is 9.64 Å². The van der Waals surface area contributed by atoms with Crippen molar-refractivity contribution in [1.29, 1.82) is 0 Å². The van der Waals surface area contributed by atoms with E-state index in [0.29, 0.717) is 10.9 Å². The fourth-order valence-electron chi connectivity index (χ4n) is 3.18. The number of nitrogens with zero attached hydrogens (tertiary/aromatic N) is 5.